The molecule has 94 valence electrons. The van der Waals surface area contributed by atoms with Crippen LogP contribution in [0.5, 0.6) is 5.75 Å². The van der Waals surface area contributed by atoms with Gasteiger partial charge in [-0.05, 0) is 31.0 Å². The Bertz CT molecular complexity index is 700. The SMILES string of the molecule is COc1ccc(C)c2c(C)c(C(=O)O)c(=O)[nH]c12. The zero-order valence-electron chi connectivity index (χ0n) is 10.3. The first-order chi connectivity index (χ1) is 8.47. The summed E-state index contributed by atoms with van der Waals surface area (Å²) < 4.78 is 5.18. The lowest BCUT2D eigenvalue weighted by Crippen LogP contribution is -2.20. The Morgan fingerprint density at radius 3 is 2.56 bits per heavy atom. The third kappa shape index (κ3) is 1.64. The number of pyridine rings is 1. The highest BCUT2D eigenvalue weighted by Gasteiger charge is 2.18. The number of methoxy groups -OCH3 is 1. The van der Waals surface area contributed by atoms with Crippen molar-refractivity contribution in [2.24, 2.45) is 0 Å². The van der Waals surface area contributed by atoms with Crippen molar-refractivity contribution in [1.29, 1.82) is 0 Å². The van der Waals surface area contributed by atoms with Crippen molar-refractivity contribution in [1.82, 2.24) is 4.98 Å². The van der Waals surface area contributed by atoms with E-state index in [1.807, 2.05) is 13.0 Å². The third-order valence-corrected chi connectivity index (χ3v) is 3.02. The number of carboxylic acid groups (broad SMARTS) is 1. The number of carbonyl (C=O) groups is 1. The van der Waals surface area contributed by atoms with Crippen LogP contribution in [0.3, 0.4) is 0 Å². The normalized spacial score (nSPS) is 10.6. The average molecular weight is 247 g/mol. The average Bonchev–Trinajstić information content (AvgIpc) is 2.28. The molecule has 0 spiro atoms. The number of nitrogens with one attached hydrogen (secondary N) is 1. The highest BCUT2D eigenvalue weighted by Crippen LogP contribution is 2.28. The zero-order valence-corrected chi connectivity index (χ0v) is 10.3. The molecule has 2 rings (SSSR count). The summed E-state index contributed by atoms with van der Waals surface area (Å²) in [5.41, 5.74) is 1.04. The molecule has 5 nitrogen and oxygen atoms in total. The van der Waals surface area contributed by atoms with Crippen LogP contribution in [0.25, 0.3) is 10.9 Å². The minimum absolute atomic E-state index is 0.223. The maximum atomic E-state index is 11.8. The second-order valence-corrected chi connectivity index (χ2v) is 4.09. The maximum Gasteiger partial charge on any atom is 0.341 e. The van der Waals surface area contributed by atoms with Crippen LogP contribution >= 0.6 is 0 Å². The number of aromatic carboxylic acids is 1. The number of fused-ring (bicyclic) bond motifs is 1. The van der Waals surface area contributed by atoms with Crippen LogP contribution in [-0.4, -0.2) is 23.2 Å². The van der Waals surface area contributed by atoms with Gasteiger partial charge in [-0.2, -0.15) is 0 Å². The van der Waals surface area contributed by atoms with Gasteiger partial charge in [0.15, 0.2) is 0 Å². The van der Waals surface area contributed by atoms with Crippen LogP contribution in [0, 0.1) is 13.8 Å². The minimum Gasteiger partial charge on any atom is -0.495 e. The Morgan fingerprint density at radius 1 is 1.33 bits per heavy atom. The quantitative estimate of drug-likeness (QED) is 0.848. The van der Waals surface area contributed by atoms with Gasteiger partial charge in [-0.15, -0.1) is 0 Å². The number of rotatable bonds is 2. The van der Waals surface area contributed by atoms with Crippen molar-refractivity contribution in [3.05, 3.63) is 39.2 Å². The molecule has 0 saturated carbocycles. The summed E-state index contributed by atoms with van der Waals surface area (Å²) in [5.74, 6) is -0.703. The van der Waals surface area contributed by atoms with Gasteiger partial charge >= 0.3 is 5.97 Å². The van der Waals surface area contributed by atoms with E-state index in [1.54, 1.807) is 13.0 Å². The van der Waals surface area contributed by atoms with Gasteiger partial charge in [0.2, 0.25) is 0 Å². The molecule has 1 aromatic carbocycles. The van der Waals surface area contributed by atoms with Crippen LogP contribution in [0.2, 0.25) is 0 Å². The highest BCUT2D eigenvalue weighted by atomic mass is 16.5. The first-order valence-corrected chi connectivity index (χ1v) is 5.40. The number of benzene rings is 1. The van der Waals surface area contributed by atoms with Crippen LogP contribution in [-0.2, 0) is 0 Å². The summed E-state index contributed by atoms with van der Waals surface area (Å²) >= 11 is 0. The van der Waals surface area contributed by atoms with Gasteiger partial charge in [-0.25, -0.2) is 4.79 Å². The number of aromatic nitrogens is 1. The summed E-state index contributed by atoms with van der Waals surface area (Å²) in [6.07, 6.45) is 0. The summed E-state index contributed by atoms with van der Waals surface area (Å²) in [6.45, 7) is 3.49. The molecular formula is C13H13NO4. The van der Waals surface area contributed by atoms with E-state index in [0.717, 1.165) is 5.56 Å². The fraction of sp³-hybridized carbons (Fsp3) is 0.231. The summed E-state index contributed by atoms with van der Waals surface area (Å²) in [4.78, 5) is 25.5. The Morgan fingerprint density at radius 2 is 2.00 bits per heavy atom. The molecule has 18 heavy (non-hydrogen) atoms. The van der Waals surface area contributed by atoms with Crippen LogP contribution in [0.1, 0.15) is 21.5 Å². The van der Waals surface area contributed by atoms with Crippen molar-refractivity contribution < 1.29 is 14.6 Å². The molecule has 2 N–H and O–H groups in total. The lowest BCUT2D eigenvalue weighted by molar-refractivity contribution is 0.0694. The fourth-order valence-electron chi connectivity index (χ4n) is 2.19. The zero-order chi connectivity index (χ0) is 13.4. The van der Waals surface area contributed by atoms with Crippen LogP contribution < -0.4 is 10.3 Å². The first-order valence-electron chi connectivity index (χ1n) is 5.40. The standard InChI is InChI=1S/C13H13NO4/c1-6-4-5-8(18-3)11-9(6)7(2)10(13(16)17)12(15)14-11/h4-5H,1-3H3,(H,14,15)(H,16,17). The number of ether oxygens (including phenoxy) is 1. The van der Waals surface area contributed by atoms with E-state index in [9.17, 15) is 9.59 Å². The van der Waals surface area contributed by atoms with E-state index in [4.69, 9.17) is 9.84 Å². The smallest absolute Gasteiger partial charge is 0.341 e. The number of aryl methyl sites for hydroxylation is 2. The monoisotopic (exact) mass is 247 g/mol. The Balaban J connectivity index is 3.04. The summed E-state index contributed by atoms with van der Waals surface area (Å²) in [7, 11) is 1.50. The van der Waals surface area contributed by atoms with Crippen LogP contribution in [0.4, 0.5) is 0 Å². The third-order valence-electron chi connectivity index (χ3n) is 3.02. The largest absolute Gasteiger partial charge is 0.495 e. The van der Waals surface area contributed by atoms with Crippen molar-refractivity contribution in [3.8, 4) is 5.75 Å². The summed E-state index contributed by atoms with van der Waals surface area (Å²) in [6, 6.07) is 3.58. The summed E-state index contributed by atoms with van der Waals surface area (Å²) in [5, 5.41) is 9.79. The fourth-order valence-corrected chi connectivity index (χ4v) is 2.19. The van der Waals surface area contributed by atoms with Gasteiger partial charge in [0, 0.05) is 5.39 Å². The van der Waals surface area contributed by atoms with E-state index >= 15 is 0 Å². The van der Waals surface area contributed by atoms with E-state index in [1.165, 1.54) is 7.11 Å². The predicted octanol–water partition coefficient (Wildman–Crippen LogP) is 1.85. The molecule has 0 aliphatic carbocycles. The van der Waals surface area contributed by atoms with Crippen molar-refractivity contribution in [2.45, 2.75) is 13.8 Å². The van der Waals surface area contributed by atoms with Crippen molar-refractivity contribution in [3.63, 3.8) is 0 Å². The molecule has 0 aliphatic heterocycles. The van der Waals surface area contributed by atoms with Gasteiger partial charge in [0.05, 0.1) is 12.6 Å². The lowest BCUT2D eigenvalue weighted by atomic mass is 10.0. The van der Waals surface area contributed by atoms with Crippen molar-refractivity contribution in [2.75, 3.05) is 7.11 Å². The molecule has 0 radical (unpaired) electrons. The minimum atomic E-state index is -1.22. The number of aromatic amines is 1. The lowest BCUT2D eigenvalue weighted by Gasteiger charge is -2.11. The Hall–Kier alpha value is -2.30. The molecule has 0 fully saturated rings. The molecule has 0 aliphatic rings. The van der Waals surface area contributed by atoms with Gasteiger partial charge < -0.3 is 14.8 Å². The number of carboxylic acids is 1. The molecule has 0 atom stereocenters. The van der Waals surface area contributed by atoms with E-state index < -0.39 is 11.5 Å². The molecule has 0 bridgehead atoms. The topological polar surface area (TPSA) is 79.4 Å². The van der Waals surface area contributed by atoms with Crippen LogP contribution in [0.15, 0.2) is 16.9 Å². The molecule has 0 unspecified atom stereocenters. The van der Waals surface area contributed by atoms with E-state index in [0.29, 0.717) is 22.2 Å². The van der Waals surface area contributed by atoms with Crippen molar-refractivity contribution >= 4 is 16.9 Å². The highest BCUT2D eigenvalue weighted by molar-refractivity contribution is 5.98. The van der Waals surface area contributed by atoms with E-state index in [-0.39, 0.29) is 5.56 Å². The molecule has 1 aromatic heterocycles. The number of H-pyrrole nitrogens is 1. The van der Waals surface area contributed by atoms with Gasteiger partial charge in [0.1, 0.15) is 11.3 Å². The molecule has 5 heteroatoms. The molecule has 0 amide bonds. The molecule has 2 aromatic rings. The number of hydrogen-bond donors (Lipinski definition) is 2. The predicted molar refractivity (Wildman–Crippen MR) is 67.6 cm³/mol. The van der Waals surface area contributed by atoms with Gasteiger partial charge in [-0.3, -0.25) is 4.79 Å². The molecular weight excluding hydrogens is 234 g/mol. The first kappa shape index (κ1) is 12.2. The molecule has 1 heterocycles. The van der Waals surface area contributed by atoms with Gasteiger partial charge in [-0.1, -0.05) is 6.07 Å². The maximum absolute atomic E-state index is 11.8. The molecule has 0 saturated heterocycles. The Labute approximate surface area is 103 Å². The number of hydrogen-bond acceptors (Lipinski definition) is 3. The van der Waals surface area contributed by atoms with Gasteiger partial charge in [0.25, 0.3) is 5.56 Å². The van der Waals surface area contributed by atoms with E-state index in [2.05, 4.69) is 4.98 Å². The Kier molecular flexibility index (Phi) is 2.82. The second-order valence-electron chi connectivity index (χ2n) is 4.09. The second kappa shape index (κ2) is 4.18.